The summed E-state index contributed by atoms with van der Waals surface area (Å²) in [5, 5.41) is 8.23. The molecule has 0 bridgehead atoms. The van der Waals surface area contributed by atoms with Crippen molar-refractivity contribution in [3.05, 3.63) is 18.0 Å². The molecule has 1 saturated carbocycles. The van der Waals surface area contributed by atoms with Crippen LogP contribution in [0.25, 0.3) is 0 Å². The van der Waals surface area contributed by atoms with Gasteiger partial charge in [0.2, 0.25) is 0 Å². The van der Waals surface area contributed by atoms with Crippen LogP contribution in [0.2, 0.25) is 0 Å². The molecule has 1 N–H and O–H groups in total. The van der Waals surface area contributed by atoms with Gasteiger partial charge in [0.05, 0.1) is 6.20 Å². The lowest BCUT2D eigenvalue weighted by molar-refractivity contribution is 0.00355. The van der Waals surface area contributed by atoms with Crippen LogP contribution in [-0.4, -0.2) is 54.6 Å². The summed E-state index contributed by atoms with van der Waals surface area (Å²) in [6.07, 6.45) is 10.6. The molecule has 1 aliphatic carbocycles. The molecule has 22 heavy (non-hydrogen) atoms. The fourth-order valence-electron chi connectivity index (χ4n) is 4.30. The van der Waals surface area contributed by atoms with Gasteiger partial charge in [-0.15, -0.1) is 0 Å². The third kappa shape index (κ3) is 3.21. The van der Waals surface area contributed by atoms with Gasteiger partial charge in [0, 0.05) is 50.7 Å². The standard InChI is InChI=1S/C17H30N4O/c1-20(2)15(14-11-19-21(3)13-14)12-18-16-5-4-6-17(16)7-9-22-10-8-17/h11,13,15-16,18H,4-10,12H2,1-3H3/t15-,16-/m1/s1. The highest BCUT2D eigenvalue weighted by Crippen LogP contribution is 2.46. The summed E-state index contributed by atoms with van der Waals surface area (Å²) in [5.74, 6) is 0. The zero-order valence-electron chi connectivity index (χ0n) is 14.2. The average Bonchev–Trinajstić information content (AvgIpc) is 3.08. The van der Waals surface area contributed by atoms with Gasteiger partial charge in [-0.25, -0.2) is 0 Å². The highest BCUT2D eigenvalue weighted by atomic mass is 16.5. The zero-order valence-corrected chi connectivity index (χ0v) is 14.2. The summed E-state index contributed by atoms with van der Waals surface area (Å²) < 4.78 is 7.48. The fourth-order valence-corrected chi connectivity index (χ4v) is 4.30. The monoisotopic (exact) mass is 306 g/mol. The van der Waals surface area contributed by atoms with Crippen molar-refractivity contribution in [2.24, 2.45) is 12.5 Å². The van der Waals surface area contributed by atoms with Crippen LogP contribution < -0.4 is 5.32 Å². The summed E-state index contributed by atoms with van der Waals surface area (Å²) in [6, 6.07) is 1.03. The van der Waals surface area contributed by atoms with Crippen LogP contribution in [0.1, 0.15) is 43.7 Å². The number of aryl methyl sites for hydroxylation is 1. The molecule has 0 amide bonds. The van der Waals surface area contributed by atoms with Crippen molar-refractivity contribution >= 4 is 0 Å². The van der Waals surface area contributed by atoms with Crippen LogP contribution in [0.4, 0.5) is 0 Å². The summed E-state index contributed by atoms with van der Waals surface area (Å²) in [7, 11) is 6.29. The van der Waals surface area contributed by atoms with Crippen molar-refractivity contribution in [3.8, 4) is 0 Å². The number of hydrogen-bond acceptors (Lipinski definition) is 4. The second-order valence-corrected chi connectivity index (χ2v) is 7.25. The van der Waals surface area contributed by atoms with Crippen molar-refractivity contribution in [3.63, 3.8) is 0 Å². The molecule has 1 aliphatic heterocycles. The molecule has 2 fully saturated rings. The van der Waals surface area contributed by atoms with E-state index in [1.807, 2.05) is 17.9 Å². The molecule has 1 saturated heterocycles. The number of hydrogen-bond donors (Lipinski definition) is 1. The maximum atomic E-state index is 5.59. The summed E-state index contributed by atoms with van der Waals surface area (Å²) in [5.41, 5.74) is 1.78. The minimum Gasteiger partial charge on any atom is -0.381 e. The number of nitrogens with one attached hydrogen (secondary N) is 1. The number of nitrogens with zero attached hydrogens (tertiary/aromatic N) is 3. The minimum absolute atomic E-state index is 0.381. The number of likely N-dealkylation sites (N-methyl/N-ethyl adjacent to an activating group) is 1. The zero-order chi connectivity index (χ0) is 15.6. The molecule has 2 aliphatic rings. The molecular formula is C17H30N4O. The summed E-state index contributed by atoms with van der Waals surface area (Å²) in [4.78, 5) is 2.29. The summed E-state index contributed by atoms with van der Waals surface area (Å²) >= 11 is 0. The van der Waals surface area contributed by atoms with E-state index >= 15 is 0 Å². The molecular weight excluding hydrogens is 276 g/mol. The highest BCUT2D eigenvalue weighted by Gasteiger charge is 2.43. The maximum Gasteiger partial charge on any atom is 0.0538 e. The molecule has 0 aromatic carbocycles. The molecule has 1 aromatic rings. The first-order valence-corrected chi connectivity index (χ1v) is 8.57. The number of ether oxygens (including phenoxy) is 1. The number of rotatable bonds is 5. The van der Waals surface area contributed by atoms with E-state index in [9.17, 15) is 0 Å². The van der Waals surface area contributed by atoms with Gasteiger partial charge in [-0.2, -0.15) is 5.10 Å². The number of aromatic nitrogens is 2. The van der Waals surface area contributed by atoms with Gasteiger partial charge < -0.3 is 15.0 Å². The lowest BCUT2D eigenvalue weighted by Gasteiger charge is -2.40. The predicted molar refractivity (Wildman–Crippen MR) is 87.8 cm³/mol. The first-order valence-electron chi connectivity index (χ1n) is 8.57. The molecule has 5 nitrogen and oxygen atoms in total. The molecule has 2 heterocycles. The Hall–Kier alpha value is -0.910. The second kappa shape index (κ2) is 6.69. The molecule has 2 atom stereocenters. The van der Waals surface area contributed by atoms with Gasteiger partial charge >= 0.3 is 0 Å². The SMILES string of the molecule is CN(C)[C@H](CN[C@@H]1CCCC12CCOCC2)c1cnn(C)c1. The van der Waals surface area contributed by atoms with Gasteiger partial charge in [-0.05, 0) is 45.2 Å². The van der Waals surface area contributed by atoms with E-state index in [4.69, 9.17) is 4.74 Å². The largest absolute Gasteiger partial charge is 0.381 e. The van der Waals surface area contributed by atoms with E-state index in [-0.39, 0.29) is 0 Å². The van der Waals surface area contributed by atoms with Crippen LogP contribution in [-0.2, 0) is 11.8 Å². The van der Waals surface area contributed by atoms with Gasteiger partial charge in [0.1, 0.15) is 0 Å². The molecule has 1 aromatic heterocycles. The van der Waals surface area contributed by atoms with Crippen LogP contribution in [0.3, 0.4) is 0 Å². The highest BCUT2D eigenvalue weighted by molar-refractivity contribution is 5.11. The van der Waals surface area contributed by atoms with E-state index in [1.165, 1.54) is 37.7 Å². The van der Waals surface area contributed by atoms with Crippen LogP contribution >= 0.6 is 0 Å². The van der Waals surface area contributed by atoms with E-state index in [0.29, 0.717) is 17.5 Å². The molecule has 5 heteroatoms. The Morgan fingerprint density at radius 2 is 2.18 bits per heavy atom. The van der Waals surface area contributed by atoms with E-state index < -0.39 is 0 Å². The predicted octanol–water partition coefficient (Wildman–Crippen LogP) is 1.96. The second-order valence-electron chi connectivity index (χ2n) is 7.25. The average molecular weight is 306 g/mol. The Labute approximate surface area is 134 Å². The normalized spacial score (nSPS) is 25.9. The molecule has 0 unspecified atom stereocenters. The Bertz CT molecular complexity index is 479. The molecule has 3 rings (SSSR count). The van der Waals surface area contributed by atoms with Crippen LogP contribution in [0.15, 0.2) is 12.4 Å². The molecule has 0 radical (unpaired) electrons. The van der Waals surface area contributed by atoms with E-state index in [1.54, 1.807) is 0 Å². The molecule has 124 valence electrons. The van der Waals surface area contributed by atoms with Crippen LogP contribution in [0, 0.1) is 5.41 Å². The van der Waals surface area contributed by atoms with Gasteiger partial charge in [0.15, 0.2) is 0 Å². The Kier molecular flexibility index (Phi) is 4.85. The van der Waals surface area contributed by atoms with Gasteiger partial charge in [0.25, 0.3) is 0 Å². The Morgan fingerprint density at radius 3 is 2.82 bits per heavy atom. The lowest BCUT2D eigenvalue weighted by atomic mass is 9.75. The van der Waals surface area contributed by atoms with Crippen molar-refractivity contribution < 1.29 is 4.74 Å². The molecule has 1 spiro atoms. The van der Waals surface area contributed by atoms with Gasteiger partial charge in [-0.1, -0.05) is 6.42 Å². The lowest BCUT2D eigenvalue weighted by Crippen LogP contribution is -2.47. The third-order valence-electron chi connectivity index (χ3n) is 5.69. The third-order valence-corrected chi connectivity index (χ3v) is 5.69. The van der Waals surface area contributed by atoms with Crippen molar-refractivity contribution in [1.29, 1.82) is 0 Å². The Balaban J connectivity index is 1.64. The van der Waals surface area contributed by atoms with Crippen molar-refractivity contribution in [1.82, 2.24) is 20.0 Å². The fraction of sp³-hybridized carbons (Fsp3) is 0.824. The quantitative estimate of drug-likeness (QED) is 0.903. The van der Waals surface area contributed by atoms with Gasteiger partial charge in [-0.3, -0.25) is 4.68 Å². The van der Waals surface area contributed by atoms with Crippen molar-refractivity contribution in [2.45, 2.75) is 44.2 Å². The summed E-state index contributed by atoms with van der Waals surface area (Å²) in [6.45, 7) is 2.88. The van der Waals surface area contributed by atoms with Crippen molar-refractivity contribution in [2.75, 3.05) is 33.9 Å². The Morgan fingerprint density at radius 1 is 1.41 bits per heavy atom. The smallest absolute Gasteiger partial charge is 0.0538 e. The van der Waals surface area contributed by atoms with Crippen LogP contribution in [0.5, 0.6) is 0 Å². The minimum atomic E-state index is 0.381. The topological polar surface area (TPSA) is 42.3 Å². The van der Waals surface area contributed by atoms with E-state index in [0.717, 1.165) is 19.8 Å². The maximum absolute atomic E-state index is 5.59. The van der Waals surface area contributed by atoms with E-state index in [2.05, 4.69) is 35.6 Å². The first-order chi connectivity index (χ1) is 10.6. The first kappa shape index (κ1) is 16.0.